The van der Waals surface area contributed by atoms with E-state index in [0.29, 0.717) is 36.5 Å². The Morgan fingerprint density at radius 1 is 0.844 bits per heavy atom. The van der Waals surface area contributed by atoms with Crippen LogP contribution in [0, 0.1) is 5.82 Å². The molecule has 0 radical (unpaired) electrons. The maximum absolute atomic E-state index is 13.5. The summed E-state index contributed by atoms with van der Waals surface area (Å²) >= 11 is 0. The first kappa shape index (κ1) is 22.3. The number of nitrogens with zero attached hydrogens (tertiary/aromatic N) is 2. The van der Waals surface area contributed by atoms with Gasteiger partial charge in [0.25, 0.3) is 11.8 Å². The van der Waals surface area contributed by atoms with Crippen LogP contribution < -0.4 is 0 Å². The van der Waals surface area contributed by atoms with Gasteiger partial charge in [-0.2, -0.15) is 0 Å². The molecule has 0 saturated carbocycles. The number of benzene rings is 2. The molecule has 0 N–H and O–H groups in total. The minimum absolute atomic E-state index is 0.220. The van der Waals surface area contributed by atoms with E-state index in [1.807, 2.05) is 17.0 Å². The highest BCUT2D eigenvalue weighted by Crippen LogP contribution is 2.34. The van der Waals surface area contributed by atoms with Gasteiger partial charge in [-0.25, -0.2) is 4.39 Å². The van der Waals surface area contributed by atoms with Crippen LogP contribution in [-0.2, 0) is 22.6 Å². The largest absolute Gasteiger partial charge is 0.362 e. The van der Waals surface area contributed by atoms with Gasteiger partial charge in [-0.3, -0.25) is 14.5 Å². The maximum Gasteiger partial charge on any atom is 0.277 e. The van der Waals surface area contributed by atoms with Gasteiger partial charge >= 0.3 is 0 Å². The minimum Gasteiger partial charge on any atom is -0.362 e. The van der Waals surface area contributed by atoms with Gasteiger partial charge in [-0.05, 0) is 41.7 Å². The number of carbonyl (C=O) groups is 2. The highest BCUT2D eigenvalue weighted by molar-refractivity contribution is 6.35. The van der Waals surface area contributed by atoms with Crippen LogP contribution in [0.1, 0.15) is 62.1 Å². The van der Waals surface area contributed by atoms with Crippen molar-refractivity contribution in [1.29, 1.82) is 0 Å². The first-order valence-corrected chi connectivity index (χ1v) is 11.8. The van der Waals surface area contributed by atoms with E-state index in [-0.39, 0.29) is 17.6 Å². The summed E-state index contributed by atoms with van der Waals surface area (Å²) in [4.78, 5) is 30.3. The van der Waals surface area contributed by atoms with E-state index in [4.69, 9.17) is 0 Å². The van der Waals surface area contributed by atoms with E-state index >= 15 is 0 Å². The minimum atomic E-state index is -0.358. The van der Waals surface area contributed by atoms with Crippen molar-refractivity contribution in [3.05, 3.63) is 76.7 Å². The summed E-state index contributed by atoms with van der Waals surface area (Å²) in [6, 6.07) is 14.1. The third kappa shape index (κ3) is 4.62. The number of hydrogen-bond donors (Lipinski definition) is 0. The molecule has 2 aromatic rings. The van der Waals surface area contributed by atoms with Crippen molar-refractivity contribution in [3.8, 4) is 0 Å². The van der Waals surface area contributed by atoms with Crippen LogP contribution in [-0.4, -0.2) is 34.7 Å². The summed E-state index contributed by atoms with van der Waals surface area (Å²) in [5.74, 6) is -0.838. The molecule has 0 unspecified atom stereocenters. The second-order valence-corrected chi connectivity index (χ2v) is 8.70. The molecule has 0 spiro atoms. The lowest BCUT2D eigenvalue weighted by atomic mass is 9.98. The van der Waals surface area contributed by atoms with Crippen molar-refractivity contribution in [2.45, 2.75) is 58.4 Å². The number of imide groups is 1. The first-order chi connectivity index (χ1) is 15.6. The van der Waals surface area contributed by atoms with E-state index in [2.05, 4.69) is 19.1 Å². The average molecular weight is 435 g/mol. The predicted octanol–water partition coefficient (Wildman–Crippen LogP) is 5.32. The van der Waals surface area contributed by atoms with Crippen LogP contribution in [0.2, 0.25) is 0 Å². The Kier molecular flexibility index (Phi) is 7.03. The lowest BCUT2D eigenvalue weighted by Gasteiger charge is -2.31. The number of carbonyl (C=O) groups excluding carboxylic acids is 2. The van der Waals surface area contributed by atoms with Gasteiger partial charge in [0.15, 0.2) is 0 Å². The number of fused-ring (bicyclic) bond motifs is 1. The maximum atomic E-state index is 13.5. The quantitative estimate of drug-likeness (QED) is 0.396. The van der Waals surface area contributed by atoms with Gasteiger partial charge in [0.1, 0.15) is 11.5 Å². The Labute approximate surface area is 189 Å². The van der Waals surface area contributed by atoms with Gasteiger partial charge in [-0.1, -0.05) is 75.4 Å². The molecule has 2 aliphatic rings. The fourth-order valence-electron chi connectivity index (χ4n) is 4.67. The molecule has 32 heavy (non-hydrogen) atoms. The average Bonchev–Trinajstić information content (AvgIpc) is 3.06. The Bertz CT molecular complexity index is 1010. The highest BCUT2D eigenvalue weighted by atomic mass is 19.1. The number of amides is 2. The lowest BCUT2D eigenvalue weighted by molar-refractivity contribution is -0.137. The Morgan fingerprint density at radius 2 is 1.53 bits per heavy atom. The summed E-state index contributed by atoms with van der Waals surface area (Å²) < 4.78 is 13.5. The lowest BCUT2D eigenvalue weighted by Crippen LogP contribution is -2.37. The summed E-state index contributed by atoms with van der Waals surface area (Å²) in [6.07, 6.45) is 7.38. The van der Waals surface area contributed by atoms with Crippen molar-refractivity contribution >= 4 is 17.4 Å². The number of unbranched alkanes of at least 4 members (excludes halogenated alkanes) is 5. The molecule has 0 saturated heterocycles. The zero-order chi connectivity index (χ0) is 22.5. The number of rotatable bonds is 9. The molecule has 2 aliphatic heterocycles. The van der Waals surface area contributed by atoms with Gasteiger partial charge in [-0.15, -0.1) is 0 Å². The van der Waals surface area contributed by atoms with Crippen molar-refractivity contribution in [2.24, 2.45) is 0 Å². The van der Waals surface area contributed by atoms with E-state index in [9.17, 15) is 14.0 Å². The second-order valence-electron chi connectivity index (χ2n) is 8.70. The van der Waals surface area contributed by atoms with Gasteiger partial charge in [0.2, 0.25) is 0 Å². The van der Waals surface area contributed by atoms with Gasteiger partial charge in [0, 0.05) is 19.6 Å². The zero-order valence-electron chi connectivity index (χ0n) is 18.8. The van der Waals surface area contributed by atoms with E-state index in [1.165, 1.54) is 47.4 Å². The Morgan fingerprint density at radius 3 is 2.28 bits per heavy atom. The highest BCUT2D eigenvalue weighted by Gasteiger charge is 2.41. The topological polar surface area (TPSA) is 40.6 Å². The van der Waals surface area contributed by atoms with Crippen LogP contribution >= 0.6 is 0 Å². The molecule has 4 nitrogen and oxygen atoms in total. The Hall–Kier alpha value is -2.95. The van der Waals surface area contributed by atoms with Crippen LogP contribution in [0.15, 0.2) is 54.2 Å². The fraction of sp³-hybridized carbons (Fsp3) is 0.407. The third-order valence-corrected chi connectivity index (χ3v) is 6.46. The molecule has 2 heterocycles. The fourth-order valence-corrected chi connectivity index (χ4v) is 4.67. The Balaban J connectivity index is 1.58. The molecule has 0 aliphatic carbocycles. The molecule has 0 fully saturated rings. The van der Waals surface area contributed by atoms with E-state index in [1.54, 1.807) is 12.1 Å². The SMILES string of the molecule is CCCCCCCCN1C(=O)C(c2ccc(F)cc2)=C(N2CCc3ccccc3C2)C1=O. The summed E-state index contributed by atoms with van der Waals surface area (Å²) in [5, 5.41) is 0. The van der Waals surface area contributed by atoms with Crippen LogP contribution in [0.5, 0.6) is 0 Å². The molecule has 2 amide bonds. The molecule has 4 rings (SSSR count). The van der Waals surface area contributed by atoms with Crippen LogP contribution in [0.3, 0.4) is 0 Å². The van der Waals surface area contributed by atoms with Gasteiger partial charge < -0.3 is 4.90 Å². The van der Waals surface area contributed by atoms with Crippen molar-refractivity contribution in [3.63, 3.8) is 0 Å². The summed E-state index contributed by atoms with van der Waals surface area (Å²) in [5.41, 5.74) is 3.93. The van der Waals surface area contributed by atoms with Crippen LogP contribution in [0.4, 0.5) is 4.39 Å². The molecule has 2 aromatic carbocycles. The first-order valence-electron chi connectivity index (χ1n) is 11.8. The normalized spacial score (nSPS) is 16.2. The number of halogens is 1. The summed E-state index contributed by atoms with van der Waals surface area (Å²) in [6.45, 7) is 3.90. The van der Waals surface area contributed by atoms with Crippen molar-refractivity contribution in [1.82, 2.24) is 9.80 Å². The number of hydrogen-bond acceptors (Lipinski definition) is 3. The third-order valence-electron chi connectivity index (χ3n) is 6.46. The van der Waals surface area contributed by atoms with E-state index < -0.39 is 0 Å². The molecule has 0 bridgehead atoms. The molecule has 168 valence electrons. The molecular weight excluding hydrogens is 403 g/mol. The predicted molar refractivity (Wildman–Crippen MR) is 124 cm³/mol. The molecular formula is C27H31FN2O2. The summed E-state index contributed by atoms with van der Waals surface area (Å²) in [7, 11) is 0. The van der Waals surface area contributed by atoms with Crippen LogP contribution in [0.25, 0.3) is 5.57 Å². The molecule has 0 aromatic heterocycles. The zero-order valence-corrected chi connectivity index (χ0v) is 18.8. The molecule has 5 heteroatoms. The standard InChI is InChI=1S/C27H31FN2O2/c1-2-3-4-5-6-9-17-30-26(31)24(21-12-14-23(28)15-13-21)25(27(30)32)29-18-16-20-10-7-8-11-22(20)19-29/h7-8,10-15H,2-6,9,16-19H2,1H3. The molecule has 0 atom stereocenters. The van der Waals surface area contributed by atoms with E-state index in [0.717, 1.165) is 25.7 Å². The van der Waals surface area contributed by atoms with Gasteiger partial charge in [0.05, 0.1) is 5.57 Å². The van der Waals surface area contributed by atoms with Crippen molar-refractivity contribution in [2.75, 3.05) is 13.1 Å². The van der Waals surface area contributed by atoms with Crippen molar-refractivity contribution < 1.29 is 14.0 Å². The monoisotopic (exact) mass is 434 g/mol. The second kappa shape index (κ2) is 10.1. The smallest absolute Gasteiger partial charge is 0.277 e.